The molecule has 1 aliphatic heterocycles. The van der Waals surface area contributed by atoms with E-state index in [0.29, 0.717) is 0 Å². The lowest BCUT2D eigenvalue weighted by Crippen LogP contribution is -2.53. The smallest absolute Gasteiger partial charge is 0.239 e. The van der Waals surface area contributed by atoms with Crippen LogP contribution >= 0.6 is 0 Å². The van der Waals surface area contributed by atoms with Gasteiger partial charge in [-0.3, -0.25) is 14.6 Å². The van der Waals surface area contributed by atoms with Gasteiger partial charge in [-0.1, -0.05) is 0 Å². The van der Waals surface area contributed by atoms with E-state index in [-0.39, 0.29) is 18.6 Å². The molecule has 1 unspecified atom stereocenters. The minimum absolute atomic E-state index is 0.0359. The van der Waals surface area contributed by atoms with E-state index in [1.165, 1.54) is 0 Å². The van der Waals surface area contributed by atoms with Crippen molar-refractivity contribution in [1.82, 2.24) is 14.7 Å². The van der Waals surface area contributed by atoms with Gasteiger partial charge >= 0.3 is 0 Å². The molecule has 1 fully saturated rings. The van der Waals surface area contributed by atoms with Crippen LogP contribution in [0.25, 0.3) is 0 Å². The summed E-state index contributed by atoms with van der Waals surface area (Å²) in [6, 6.07) is -0.0359. The van der Waals surface area contributed by atoms with Gasteiger partial charge in [0, 0.05) is 46.8 Å². The van der Waals surface area contributed by atoms with Crippen molar-refractivity contribution in [2.45, 2.75) is 13.0 Å². The average Bonchev–Trinajstić information content (AvgIpc) is 2.28. The lowest BCUT2D eigenvalue weighted by Gasteiger charge is -2.37. The van der Waals surface area contributed by atoms with Gasteiger partial charge < -0.3 is 10.0 Å². The standard InChI is InChI=1S/C11H23N3O2/c1-10(11(16)12(2)3)14-6-4-13(5-7-14)8-9-15/h10,15H,4-9H2,1-3H3. The van der Waals surface area contributed by atoms with Crippen molar-refractivity contribution in [1.29, 1.82) is 0 Å². The van der Waals surface area contributed by atoms with Crippen LogP contribution in [0.1, 0.15) is 6.92 Å². The number of hydrogen-bond donors (Lipinski definition) is 1. The highest BCUT2D eigenvalue weighted by molar-refractivity contribution is 5.80. The minimum atomic E-state index is -0.0359. The second-order valence-electron chi connectivity index (χ2n) is 4.51. The molecule has 0 aliphatic carbocycles. The fourth-order valence-electron chi connectivity index (χ4n) is 2.05. The number of aliphatic hydroxyl groups excluding tert-OH is 1. The number of piperazine rings is 1. The predicted octanol–water partition coefficient (Wildman–Crippen LogP) is -0.927. The molecule has 5 nitrogen and oxygen atoms in total. The first-order chi connectivity index (χ1) is 7.56. The number of carbonyl (C=O) groups is 1. The molecule has 1 heterocycles. The third-order valence-electron chi connectivity index (χ3n) is 3.17. The van der Waals surface area contributed by atoms with E-state index in [4.69, 9.17) is 5.11 Å². The number of likely N-dealkylation sites (N-methyl/N-ethyl adjacent to an activating group) is 1. The molecule has 0 aromatic heterocycles. The molecule has 16 heavy (non-hydrogen) atoms. The Labute approximate surface area is 97.6 Å². The first kappa shape index (κ1) is 13.4. The molecular formula is C11H23N3O2. The zero-order chi connectivity index (χ0) is 12.1. The van der Waals surface area contributed by atoms with Crippen LogP contribution in [0.4, 0.5) is 0 Å². The van der Waals surface area contributed by atoms with E-state index in [0.717, 1.165) is 32.7 Å². The van der Waals surface area contributed by atoms with Crippen molar-refractivity contribution < 1.29 is 9.90 Å². The van der Waals surface area contributed by atoms with Crippen molar-refractivity contribution in [3.8, 4) is 0 Å². The molecule has 0 aromatic rings. The topological polar surface area (TPSA) is 47.0 Å². The van der Waals surface area contributed by atoms with Gasteiger partial charge in [0.1, 0.15) is 0 Å². The maximum atomic E-state index is 11.8. The molecule has 0 aromatic carbocycles. The quantitative estimate of drug-likeness (QED) is 0.677. The first-order valence-corrected chi connectivity index (χ1v) is 5.84. The fraction of sp³-hybridized carbons (Fsp3) is 0.909. The van der Waals surface area contributed by atoms with Gasteiger partial charge in [0.25, 0.3) is 0 Å². The predicted molar refractivity (Wildman–Crippen MR) is 63.3 cm³/mol. The van der Waals surface area contributed by atoms with Crippen molar-refractivity contribution >= 4 is 5.91 Å². The molecule has 1 N–H and O–H groups in total. The monoisotopic (exact) mass is 229 g/mol. The molecule has 1 saturated heterocycles. The van der Waals surface area contributed by atoms with E-state index < -0.39 is 0 Å². The van der Waals surface area contributed by atoms with Gasteiger partial charge in [-0.2, -0.15) is 0 Å². The van der Waals surface area contributed by atoms with Gasteiger partial charge in [-0.25, -0.2) is 0 Å². The third-order valence-corrected chi connectivity index (χ3v) is 3.17. The summed E-state index contributed by atoms with van der Waals surface area (Å²) in [4.78, 5) is 17.9. The van der Waals surface area contributed by atoms with Crippen LogP contribution in [0.5, 0.6) is 0 Å². The van der Waals surface area contributed by atoms with E-state index in [1.807, 2.05) is 6.92 Å². The summed E-state index contributed by atoms with van der Waals surface area (Å²) in [7, 11) is 3.59. The molecule has 94 valence electrons. The molecule has 0 spiro atoms. The van der Waals surface area contributed by atoms with Crippen LogP contribution in [-0.2, 0) is 4.79 Å². The zero-order valence-electron chi connectivity index (χ0n) is 10.5. The van der Waals surface area contributed by atoms with Gasteiger partial charge in [0.2, 0.25) is 5.91 Å². The molecule has 1 aliphatic rings. The number of carbonyl (C=O) groups excluding carboxylic acids is 1. The maximum absolute atomic E-state index is 11.8. The van der Waals surface area contributed by atoms with Crippen molar-refractivity contribution in [3.63, 3.8) is 0 Å². The number of amides is 1. The molecule has 5 heteroatoms. The zero-order valence-corrected chi connectivity index (χ0v) is 10.5. The Balaban J connectivity index is 2.38. The van der Waals surface area contributed by atoms with Crippen molar-refractivity contribution in [2.75, 3.05) is 53.4 Å². The normalized spacial score (nSPS) is 20.8. The van der Waals surface area contributed by atoms with E-state index in [9.17, 15) is 4.79 Å². The Morgan fingerprint density at radius 3 is 2.31 bits per heavy atom. The van der Waals surface area contributed by atoms with Crippen LogP contribution in [0.2, 0.25) is 0 Å². The summed E-state index contributed by atoms with van der Waals surface area (Å²) in [6.07, 6.45) is 0. The first-order valence-electron chi connectivity index (χ1n) is 5.84. The van der Waals surface area contributed by atoms with Crippen molar-refractivity contribution in [2.24, 2.45) is 0 Å². The molecule has 1 rings (SSSR count). The van der Waals surface area contributed by atoms with E-state index in [1.54, 1.807) is 19.0 Å². The highest BCUT2D eigenvalue weighted by Crippen LogP contribution is 2.07. The molecule has 1 amide bonds. The Bertz CT molecular complexity index is 225. The Kier molecular flexibility index (Phi) is 5.18. The summed E-state index contributed by atoms with van der Waals surface area (Å²) >= 11 is 0. The number of aliphatic hydroxyl groups is 1. The van der Waals surface area contributed by atoms with Crippen molar-refractivity contribution in [3.05, 3.63) is 0 Å². The second kappa shape index (κ2) is 6.18. The van der Waals surface area contributed by atoms with Gasteiger partial charge in [-0.15, -0.1) is 0 Å². The molecule has 1 atom stereocenters. The van der Waals surface area contributed by atoms with E-state index >= 15 is 0 Å². The molecular weight excluding hydrogens is 206 g/mol. The van der Waals surface area contributed by atoms with Crippen LogP contribution < -0.4 is 0 Å². The largest absolute Gasteiger partial charge is 0.395 e. The lowest BCUT2D eigenvalue weighted by molar-refractivity contribution is -0.134. The summed E-state index contributed by atoms with van der Waals surface area (Å²) in [6.45, 7) is 6.60. The lowest BCUT2D eigenvalue weighted by atomic mass is 10.2. The van der Waals surface area contributed by atoms with Crippen LogP contribution in [0.15, 0.2) is 0 Å². The average molecular weight is 229 g/mol. The van der Waals surface area contributed by atoms with Gasteiger partial charge in [0.15, 0.2) is 0 Å². The molecule has 0 saturated carbocycles. The van der Waals surface area contributed by atoms with Crippen LogP contribution in [0, 0.1) is 0 Å². The summed E-state index contributed by atoms with van der Waals surface area (Å²) < 4.78 is 0. The fourth-order valence-corrected chi connectivity index (χ4v) is 2.05. The Hall–Kier alpha value is -0.650. The highest BCUT2D eigenvalue weighted by atomic mass is 16.3. The number of hydrogen-bond acceptors (Lipinski definition) is 4. The maximum Gasteiger partial charge on any atom is 0.239 e. The summed E-state index contributed by atoms with van der Waals surface area (Å²) in [5, 5.41) is 8.84. The highest BCUT2D eigenvalue weighted by Gasteiger charge is 2.25. The van der Waals surface area contributed by atoms with Gasteiger partial charge in [-0.05, 0) is 6.92 Å². The summed E-state index contributed by atoms with van der Waals surface area (Å²) in [5.41, 5.74) is 0. The van der Waals surface area contributed by atoms with E-state index in [2.05, 4.69) is 9.80 Å². The second-order valence-corrected chi connectivity index (χ2v) is 4.51. The third kappa shape index (κ3) is 3.43. The minimum Gasteiger partial charge on any atom is -0.395 e. The number of rotatable bonds is 4. The summed E-state index contributed by atoms with van der Waals surface area (Å²) in [5.74, 6) is 0.163. The number of β-amino-alcohol motifs (C(OH)–C–C–N with tert-alkyl or cyclic N) is 1. The van der Waals surface area contributed by atoms with Crippen LogP contribution in [0.3, 0.4) is 0 Å². The molecule has 0 radical (unpaired) electrons. The molecule has 0 bridgehead atoms. The van der Waals surface area contributed by atoms with Crippen LogP contribution in [-0.4, -0.2) is 85.2 Å². The Morgan fingerprint density at radius 1 is 1.31 bits per heavy atom. The number of nitrogens with zero attached hydrogens (tertiary/aromatic N) is 3. The Morgan fingerprint density at radius 2 is 1.88 bits per heavy atom. The SMILES string of the molecule is CC(C(=O)N(C)C)N1CCN(CCO)CC1. The van der Waals surface area contributed by atoms with Gasteiger partial charge in [0.05, 0.1) is 12.6 Å².